The molecule has 0 unspecified atom stereocenters. The molecule has 0 saturated heterocycles. The Morgan fingerprint density at radius 1 is 1.20 bits per heavy atom. The van der Waals surface area contributed by atoms with Crippen LogP contribution in [0.1, 0.15) is 10.4 Å². The Morgan fingerprint density at radius 3 is 3.10 bits per heavy atom. The van der Waals surface area contributed by atoms with Gasteiger partial charge in [0, 0.05) is 35.2 Å². The van der Waals surface area contributed by atoms with Crippen molar-refractivity contribution in [1.82, 2.24) is 4.98 Å². The van der Waals surface area contributed by atoms with Gasteiger partial charge in [0.2, 0.25) is 0 Å². The molecule has 4 heteroatoms. The molecule has 0 spiro atoms. The molecule has 1 aliphatic rings. The summed E-state index contributed by atoms with van der Waals surface area (Å²) in [4.78, 5) is 8.47. The summed E-state index contributed by atoms with van der Waals surface area (Å²) >= 11 is 1.87. The van der Waals surface area contributed by atoms with Crippen LogP contribution >= 0.6 is 11.3 Å². The number of rotatable bonds is 1. The topological polar surface area (TPSA) is 42.1 Å². The zero-order valence-corrected chi connectivity index (χ0v) is 11.9. The summed E-state index contributed by atoms with van der Waals surface area (Å²) in [5.74, 6) is 0. The lowest BCUT2D eigenvalue weighted by atomic mass is 10.1. The smallest absolute Gasteiger partial charge is 0.0956 e. The van der Waals surface area contributed by atoms with Crippen LogP contribution in [-0.2, 0) is 13.0 Å². The minimum absolute atomic E-state index is 0.796. The van der Waals surface area contributed by atoms with Crippen molar-refractivity contribution in [1.29, 1.82) is 0 Å². The van der Waals surface area contributed by atoms with E-state index >= 15 is 0 Å². The standard InChI is InChI=1S/C16H15N3S/c17-13-3-4-14(16-12(13)2-1-7-18-16)19-8-5-15-11(10-19)6-9-20-15/h1-4,6-7,9H,5,8,10,17H2. The van der Waals surface area contributed by atoms with Crippen LogP contribution in [0.3, 0.4) is 0 Å². The maximum absolute atomic E-state index is 6.06. The Morgan fingerprint density at radius 2 is 2.15 bits per heavy atom. The Balaban J connectivity index is 1.82. The normalized spacial score (nSPS) is 14.5. The van der Waals surface area contributed by atoms with E-state index in [2.05, 4.69) is 27.4 Å². The van der Waals surface area contributed by atoms with Gasteiger partial charge in [-0.15, -0.1) is 11.3 Å². The predicted octanol–water partition coefficient (Wildman–Crippen LogP) is 3.44. The number of nitrogens with two attached hydrogens (primary N) is 1. The summed E-state index contributed by atoms with van der Waals surface area (Å²) in [6, 6.07) is 10.3. The van der Waals surface area contributed by atoms with Crippen molar-refractivity contribution in [3.8, 4) is 0 Å². The van der Waals surface area contributed by atoms with E-state index in [4.69, 9.17) is 5.73 Å². The molecule has 0 aliphatic carbocycles. The molecule has 2 N–H and O–H groups in total. The van der Waals surface area contributed by atoms with Crippen LogP contribution in [0.15, 0.2) is 41.9 Å². The summed E-state index contributed by atoms with van der Waals surface area (Å²) in [5.41, 5.74) is 10.5. The van der Waals surface area contributed by atoms with Crippen molar-refractivity contribution >= 4 is 33.6 Å². The van der Waals surface area contributed by atoms with Crippen molar-refractivity contribution in [3.63, 3.8) is 0 Å². The number of nitrogen functional groups attached to an aromatic ring is 1. The van der Waals surface area contributed by atoms with Crippen LogP contribution in [0.25, 0.3) is 10.9 Å². The van der Waals surface area contributed by atoms with Crippen molar-refractivity contribution in [2.24, 2.45) is 0 Å². The number of nitrogens with zero attached hydrogens (tertiary/aromatic N) is 2. The molecule has 0 amide bonds. The fourth-order valence-electron chi connectivity index (χ4n) is 2.89. The van der Waals surface area contributed by atoms with Crippen LogP contribution in [-0.4, -0.2) is 11.5 Å². The molecule has 2 aromatic heterocycles. The third kappa shape index (κ3) is 1.76. The molecule has 0 radical (unpaired) electrons. The third-order valence-corrected chi connectivity index (χ3v) is 4.95. The van der Waals surface area contributed by atoms with Gasteiger partial charge in [0.1, 0.15) is 0 Å². The SMILES string of the molecule is Nc1ccc(N2CCc3sccc3C2)c2ncccc12. The van der Waals surface area contributed by atoms with E-state index in [1.165, 1.54) is 16.1 Å². The van der Waals surface area contributed by atoms with Gasteiger partial charge in [-0.05, 0) is 47.7 Å². The van der Waals surface area contributed by atoms with E-state index < -0.39 is 0 Å². The Kier molecular flexibility index (Phi) is 2.63. The zero-order valence-electron chi connectivity index (χ0n) is 11.0. The molecule has 100 valence electrons. The van der Waals surface area contributed by atoms with E-state index in [1.807, 2.05) is 35.7 Å². The monoisotopic (exact) mass is 281 g/mol. The summed E-state index contributed by atoms with van der Waals surface area (Å²) < 4.78 is 0. The van der Waals surface area contributed by atoms with E-state index in [-0.39, 0.29) is 0 Å². The van der Waals surface area contributed by atoms with Gasteiger partial charge in [0.15, 0.2) is 0 Å². The van der Waals surface area contributed by atoms with E-state index in [0.29, 0.717) is 0 Å². The molecule has 0 bridgehead atoms. The molecule has 4 rings (SSSR count). The second-order valence-corrected chi connectivity index (χ2v) is 6.11. The fourth-order valence-corrected chi connectivity index (χ4v) is 3.78. The molecule has 0 atom stereocenters. The first-order valence-corrected chi connectivity index (χ1v) is 7.64. The molecule has 1 aliphatic heterocycles. The highest BCUT2D eigenvalue weighted by atomic mass is 32.1. The Labute approximate surface area is 121 Å². The maximum atomic E-state index is 6.06. The minimum Gasteiger partial charge on any atom is -0.398 e. The highest BCUT2D eigenvalue weighted by molar-refractivity contribution is 7.10. The average molecular weight is 281 g/mol. The summed E-state index contributed by atoms with van der Waals surface area (Å²) in [5, 5.41) is 3.23. The minimum atomic E-state index is 0.796. The van der Waals surface area contributed by atoms with Gasteiger partial charge in [-0.2, -0.15) is 0 Å². The second-order valence-electron chi connectivity index (χ2n) is 5.11. The number of thiophene rings is 1. The summed E-state index contributed by atoms with van der Waals surface area (Å²) in [7, 11) is 0. The number of hydrogen-bond donors (Lipinski definition) is 1. The molecule has 20 heavy (non-hydrogen) atoms. The molecular weight excluding hydrogens is 266 g/mol. The maximum Gasteiger partial charge on any atom is 0.0956 e. The van der Waals surface area contributed by atoms with Crippen molar-refractivity contribution < 1.29 is 0 Å². The largest absolute Gasteiger partial charge is 0.398 e. The predicted molar refractivity (Wildman–Crippen MR) is 85.2 cm³/mol. The molecule has 1 aromatic carbocycles. The first-order valence-electron chi connectivity index (χ1n) is 6.76. The van der Waals surface area contributed by atoms with Crippen molar-refractivity contribution in [3.05, 3.63) is 52.3 Å². The zero-order chi connectivity index (χ0) is 13.5. The fraction of sp³-hybridized carbons (Fsp3) is 0.188. The number of aromatic nitrogens is 1. The van der Waals surface area contributed by atoms with E-state index in [1.54, 1.807) is 0 Å². The van der Waals surface area contributed by atoms with Gasteiger partial charge in [-0.1, -0.05) is 0 Å². The number of hydrogen-bond acceptors (Lipinski definition) is 4. The summed E-state index contributed by atoms with van der Waals surface area (Å²) in [6.45, 7) is 2.01. The first-order chi connectivity index (χ1) is 9.83. The van der Waals surface area contributed by atoms with Crippen LogP contribution in [0.2, 0.25) is 0 Å². The average Bonchev–Trinajstić information content (AvgIpc) is 2.95. The Hall–Kier alpha value is -2.07. The van der Waals surface area contributed by atoms with E-state index in [9.17, 15) is 0 Å². The molecular formula is C16H15N3S. The van der Waals surface area contributed by atoms with Gasteiger partial charge in [-0.25, -0.2) is 0 Å². The lowest BCUT2D eigenvalue weighted by Gasteiger charge is -2.29. The van der Waals surface area contributed by atoms with Gasteiger partial charge in [0.05, 0.1) is 11.2 Å². The molecule has 3 nitrogen and oxygen atoms in total. The molecule has 0 saturated carbocycles. The number of anilines is 2. The van der Waals surface area contributed by atoms with Crippen LogP contribution in [0.5, 0.6) is 0 Å². The summed E-state index contributed by atoms with van der Waals surface area (Å²) in [6.07, 6.45) is 2.96. The van der Waals surface area contributed by atoms with Gasteiger partial charge in [0.25, 0.3) is 0 Å². The van der Waals surface area contributed by atoms with Gasteiger partial charge < -0.3 is 10.6 Å². The van der Waals surface area contributed by atoms with E-state index in [0.717, 1.165) is 36.1 Å². The molecule has 3 aromatic rings. The number of fused-ring (bicyclic) bond motifs is 2. The number of benzene rings is 1. The lowest BCUT2D eigenvalue weighted by molar-refractivity contribution is 0.746. The van der Waals surface area contributed by atoms with Crippen molar-refractivity contribution in [2.75, 3.05) is 17.2 Å². The van der Waals surface area contributed by atoms with Gasteiger partial charge in [-0.3, -0.25) is 4.98 Å². The third-order valence-electron chi connectivity index (χ3n) is 3.93. The van der Waals surface area contributed by atoms with Crippen LogP contribution < -0.4 is 10.6 Å². The van der Waals surface area contributed by atoms with Crippen LogP contribution in [0.4, 0.5) is 11.4 Å². The molecule has 3 heterocycles. The lowest BCUT2D eigenvalue weighted by Crippen LogP contribution is -2.29. The first kappa shape index (κ1) is 11.7. The number of pyridine rings is 1. The second kappa shape index (κ2) is 4.49. The quantitative estimate of drug-likeness (QED) is 0.695. The molecule has 0 fully saturated rings. The van der Waals surface area contributed by atoms with Crippen LogP contribution in [0, 0.1) is 0 Å². The van der Waals surface area contributed by atoms with Gasteiger partial charge >= 0.3 is 0 Å². The highest BCUT2D eigenvalue weighted by Gasteiger charge is 2.19. The highest BCUT2D eigenvalue weighted by Crippen LogP contribution is 2.33. The Bertz CT molecular complexity index is 778. The van der Waals surface area contributed by atoms with Crippen molar-refractivity contribution in [2.45, 2.75) is 13.0 Å².